The second-order valence-corrected chi connectivity index (χ2v) is 6.74. The minimum atomic E-state index is -1.14. The summed E-state index contributed by atoms with van der Waals surface area (Å²) in [6.45, 7) is 1.71. The van der Waals surface area contributed by atoms with E-state index in [0.717, 1.165) is 11.8 Å². The lowest BCUT2D eigenvalue weighted by atomic mass is 10.1. The van der Waals surface area contributed by atoms with E-state index in [1.807, 2.05) is 0 Å². The molecule has 27 heavy (non-hydrogen) atoms. The topological polar surface area (TPSA) is 129 Å². The number of H-pyrrole nitrogens is 1. The minimum Gasteiger partial charge on any atom is -0.478 e. The molecule has 0 unspecified atom stereocenters. The fourth-order valence-corrected chi connectivity index (χ4v) is 3.15. The van der Waals surface area contributed by atoms with E-state index in [-0.39, 0.29) is 20.6 Å². The van der Waals surface area contributed by atoms with E-state index in [0.29, 0.717) is 22.9 Å². The Morgan fingerprint density at radius 1 is 1.26 bits per heavy atom. The number of aryl methyl sites for hydroxylation is 1. The molecule has 2 aromatic heterocycles. The Morgan fingerprint density at radius 3 is 2.63 bits per heavy atom. The third-order valence-electron chi connectivity index (χ3n) is 3.37. The Bertz CT molecular complexity index is 1060. The number of furan rings is 1. The largest absolute Gasteiger partial charge is 0.478 e. The molecule has 10 heteroatoms. The molecule has 0 bridgehead atoms. The lowest BCUT2D eigenvalue weighted by Crippen LogP contribution is -1.97. The van der Waals surface area contributed by atoms with Crippen molar-refractivity contribution in [2.24, 2.45) is 0 Å². The van der Waals surface area contributed by atoms with Crippen molar-refractivity contribution < 1.29 is 24.2 Å². The van der Waals surface area contributed by atoms with Crippen LogP contribution in [0.25, 0.3) is 17.4 Å². The number of halogens is 1. The van der Waals surface area contributed by atoms with Gasteiger partial charge in [-0.25, -0.2) is 14.6 Å². The molecule has 8 nitrogen and oxygen atoms in total. The van der Waals surface area contributed by atoms with Gasteiger partial charge in [-0.2, -0.15) is 0 Å². The SMILES string of the molecule is Cc1nc(S/C(=C\c2ccc(-c3ccc(C(=O)O)c(Cl)c3)o2)C(=O)O)n[nH]1. The zero-order valence-electron chi connectivity index (χ0n) is 13.8. The zero-order chi connectivity index (χ0) is 19.6. The summed E-state index contributed by atoms with van der Waals surface area (Å²) in [5, 5.41) is 25.3. The van der Waals surface area contributed by atoms with E-state index >= 15 is 0 Å². The van der Waals surface area contributed by atoms with Crippen LogP contribution in [0.4, 0.5) is 0 Å². The fourth-order valence-electron chi connectivity index (χ4n) is 2.16. The number of hydrogen-bond acceptors (Lipinski definition) is 6. The van der Waals surface area contributed by atoms with E-state index < -0.39 is 11.9 Å². The van der Waals surface area contributed by atoms with Gasteiger partial charge < -0.3 is 14.6 Å². The molecular formula is C17H12ClN3O5S. The summed E-state index contributed by atoms with van der Waals surface area (Å²) in [7, 11) is 0. The molecule has 0 atom stereocenters. The molecule has 0 aliphatic rings. The predicted octanol–water partition coefficient (Wildman–Crippen LogP) is 3.94. The normalized spacial score (nSPS) is 11.6. The predicted molar refractivity (Wildman–Crippen MR) is 98.7 cm³/mol. The number of aromatic carboxylic acids is 1. The Morgan fingerprint density at radius 2 is 2.04 bits per heavy atom. The summed E-state index contributed by atoms with van der Waals surface area (Å²) in [6.07, 6.45) is 1.36. The van der Waals surface area contributed by atoms with Crippen molar-refractivity contribution >= 4 is 41.4 Å². The third-order valence-corrected chi connectivity index (χ3v) is 4.56. The van der Waals surface area contributed by atoms with E-state index in [1.54, 1.807) is 25.1 Å². The third kappa shape index (κ3) is 4.39. The first kappa shape index (κ1) is 18.7. The first-order valence-electron chi connectivity index (χ1n) is 7.48. The molecule has 3 N–H and O–H groups in total. The van der Waals surface area contributed by atoms with Gasteiger partial charge >= 0.3 is 11.9 Å². The lowest BCUT2D eigenvalue weighted by Gasteiger charge is -2.02. The van der Waals surface area contributed by atoms with Gasteiger partial charge in [-0.1, -0.05) is 17.7 Å². The smallest absolute Gasteiger partial charge is 0.342 e. The number of aliphatic carboxylic acids is 1. The number of rotatable bonds is 6. The second-order valence-electron chi connectivity index (χ2n) is 5.32. The van der Waals surface area contributed by atoms with Crippen LogP contribution in [-0.2, 0) is 4.79 Å². The number of thioether (sulfide) groups is 1. The Kier molecular flexibility index (Phi) is 5.33. The number of aromatic nitrogens is 3. The quantitative estimate of drug-likeness (QED) is 0.415. The number of carboxylic acids is 2. The van der Waals surface area contributed by atoms with E-state index in [9.17, 15) is 14.7 Å². The summed E-state index contributed by atoms with van der Waals surface area (Å²) in [4.78, 5) is 26.5. The van der Waals surface area contributed by atoms with Gasteiger partial charge in [-0.15, -0.1) is 5.10 Å². The van der Waals surface area contributed by atoms with Crippen molar-refractivity contribution in [3.63, 3.8) is 0 Å². The van der Waals surface area contributed by atoms with Crippen LogP contribution >= 0.6 is 23.4 Å². The highest BCUT2D eigenvalue weighted by atomic mass is 35.5. The van der Waals surface area contributed by atoms with Gasteiger partial charge in [0.15, 0.2) is 0 Å². The minimum absolute atomic E-state index is 0.0153. The average Bonchev–Trinajstić information content (AvgIpc) is 3.23. The van der Waals surface area contributed by atoms with Crippen LogP contribution in [0.5, 0.6) is 0 Å². The van der Waals surface area contributed by atoms with Crippen LogP contribution in [0.15, 0.2) is 44.8 Å². The second kappa shape index (κ2) is 7.68. The molecule has 0 aliphatic carbocycles. The highest BCUT2D eigenvalue weighted by molar-refractivity contribution is 8.04. The molecule has 0 radical (unpaired) electrons. The molecule has 0 spiro atoms. The molecule has 1 aromatic carbocycles. The molecule has 2 heterocycles. The Labute approximate surface area is 161 Å². The standard InChI is InChI=1S/C17H12ClN3O5S/c1-8-19-17(21-20-8)27-14(16(24)25)7-10-3-5-13(26-10)9-2-4-11(15(22)23)12(18)6-9/h2-7H,1H3,(H,22,23)(H,24,25)(H,19,20,21)/b14-7-. The number of carbonyl (C=O) groups is 2. The number of benzene rings is 1. The van der Waals surface area contributed by atoms with Crippen molar-refractivity contribution in [1.29, 1.82) is 0 Å². The van der Waals surface area contributed by atoms with Gasteiger partial charge in [0.2, 0.25) is 5.16 Å². The van der Waals surface area contributed by atoms with Crippen molar-refractivity contribution in [2.75, 3.05) is 0 Å². The first-order valence-corrected chi connectivity index (χ1v) is 8.68. The highest BCUT2D eigenvalue weighted by Gasteiger charge is 2.15. The van der Waals surface area contributed by atoms with Gasteiger partial charge in [0.25, 0.3) is 0 Å². The molecule has 0 fully saturated rings. The van der Waals surface area contributed by atoms with Gasteiger partial charge in [0.05, 0.1) is 10.6 Å². The highest BCUT2D eigenvalue weighted by Crippen LogP contribution is 2.30. The number of hydrogen-bond donors (Lipinski definition) is 3. The van der Waals surface area contributed by atoms with Crippen molar-refractivity contribution in [2.45, 2.75) is 12.1 Å². The lowest BCUT2D eigenvalue weighted by molar-refractivity contribution is -0.131. The van der Waals surface area contributed by atoms with Crippen LogP contribution < -0.4 is 0 Å². The van der Waals surface area contributed by atoms with E-state index in [4.69, 9.17) is 21.1 Å². The number of nitrogens with zero attached hydrogens (tertiary/aromatic N) is 2. The fraction of sp³-hybridized carbons (Fsp3) is 0.0588. The summed E-state index contributed by atoms with van der Waals surface area (Å²) < 4.78 is 5.64. The maximum atomic E-state index is 11.5. The maximum absolute atomic E-state index is 11.5. The van der Waals surface area contributed by atoms with Gasteiger partial charge in [0.1, 0.15) is 22.3 Å². The van der Waals surface area contributed by atoms with Crippen molar-refractivity contribution in [3.05, 3.63) is 57.4 Å². The van der Waals surface area contributed by atoms with Crippen LogP contribution in [0.3, 0.4) is 0 Å². The summed E-state index contributed by atoms with van der Waals surface area (Å²) in [6, 6.07) is 7.65. The average molecular weight is 406 g/mol. The van der Waals surface area contributed by atoms with Crippen molar-refractivity contribution in [3.8, 4) is 11.3 Å². The number of aromatic amines is 1. The van der Waals surface area contributed by atoms with Crippen molar-refractivity contribution in [1.82, 2.24) is 15.2 Å². The van der Waals surface area contributed by atoms with Crippen LogP contribution in [-0.4, -0.2) is 37.3 Å². The van der Waals surface area contributed by atoms with Crippen LogP contribution in [0.1, 0.15) is 21.9 Å². The van der Waals surface area contributed by atoms with Crippen LogP contribution in [0.2, 0.25) is 5.02 Å². The summed E-state index contributed by atoms with van der Waals surface area (Å²) in [5.74, 6) is -0.970. The number of nitrogens with one attached hydrogen (secondary N) is 1. The van der Waals surface area contributed by atoms with Gasteiger partial charge in [0, 0.05) is 11.6 Å². The summed E-state index contributed by atoms with van der Waals surface area (Å²) in [5.41, 5.74) is 0.553. The number of carboxylic acid groups (broad SMARTS) is 2. The molecule has 0 saturated carbocycles. The molecule has 0 saturated heterocycles. The molecule has 0 amide bonds. The molecule has 138 valence electrons. The molecule has 3 rings (SSSR count). The monoisotopic (exact) mass is 405 g/mol. The maximum Gasteiger partial charge on any atom is 0.342 e. The molecule has 0 aliphatic heterocycles. The first-order chi connectivity index (χ1) is 12.8. The Hall–Kier alpha value is -3.04. The van der Waals surface area contributed by atoms with E-state index in [2.05, 4.69) is 15.2 Å². The Balaban J connectivity index is 1.87. The molecule has 3 aromatic rings. The zero-order valence-corrected chi connectivity index (χ0v) is 15.3. The summed E-state index contributed by atoms with van der Waals surface area (Å²) >= 11 is 6.85. The van der Waals surface area contributed by atoms with Crippen LogP contribution in [0, 0.1) is 6.92 Å². The van der Waals surface area contributed by atoms with Gasteiger partial charge in [-0.3, -0.25) is 5.10 Å². The van der Waals surface area contributed by atoms with Gasteiger partial charge in [-0.05, 0) is 43.0 Å². The molecular weight excluding hydrogens is 394 g/mol. The van der Waals surface area contributed by atoms with E-state index in [1.165, 1.54) is 18.2 Å².